The van der Waals surface area contributed by atoms with Crippen molar-refractivity contribution < 1.29 is 4.39 Å². The number of para-hydroxylation sites is 2. The molecule has 1 aliphatic heterocycles. The number of fused-ring (bicyclic) bond motifs is 1. The summed E-state index contributed by atoms with van der Waals surface area (Å²) < 4.78 is 15.3. The molecule has 1 aliphatic rings. The molecule has 0 N–H and O–H groups in total. The van der Waals surface area contributed by atoms with Crippen LogP contribution in [0.15, 0.2) is 48.5 Å². The molecule has 4 heteroatoms. The molecule has 1 fully saturated rings. The molecule has 2 heterocycles. The average Bonchev–Trinajstić information content (AvgIpc) is 2.98. The van der Waals surface area contributed by atoms with E-state index < -0.39 is 0 Å². The highest BCUT2D eigenvalue weighted by Crippen LogP contribution is 2.24. The van der Waals surface area contributed by atoms with E-state index in [1.165, 1.54) is 30.3 Å². The van der Waals surface area contributed by atoms with Crippen LogP contribution in [0.5, 0.6) is 0 Å². The van der Waals surface area contributed by atoms with Crippen LogP contribution in [0.4, 0.5) is 4.39 Å². The topological polar surface area (TPSA) is 21.1 Å². The summed E-state index contributed by atoms with van der Waals surface area (Å²) in [6, 6.07) is 15.3. The van der Waals surface area contributed by atoms with Gasteiger partial charge in [0.2, 0.25) is 0 Å². The van der Waals surface area contributed by atoms with Crippen LogP contribution in [0.2, 0.25) is 0 Å². The summed E-state index contributed by atoms with van der Waals surface area (Å²) in [6.07, 6.45) is 4.74. The highest BCUT2D eigenvalue weighted by molar-refractivity contribution is 5.75. The Morgan fingerprint density at radius 2 is 1.92 bits per heavy atom. The van der Waals surface area contributed by atoms with Gasteiger partial charge in [0.1, 0.15) is 11.6 Å². The van der Waals surface area contributed by atoms with Crippen molar-refractivity contribution in [1.82, 2.24) is 14.5 Å². The molecular formula is C22H26FN3. The molecule has 1 atom stereocenters. The molecule has 136 valence electrons. The summed E-state index contributed by atoms with van der Waals surface area (Å²) in [5.74, 6) is 1.70. The minimum Gasteiger partial charge on any atom is -0.330 e. The van der Waals surface area contributed by atoms with Gasteiger partial charge in [0, 0.05) is 13.6 Å². The van der Waals surface area contributed by atoms with E-state index in [2.05, 4.69) is 34.7 Å². The fourth-order valence-corrected chi connectivity index (χ4v) is 4.09. The summed E-state index contributed by atoms with van der Waals surface area (Å²) in [6.45, 7) is 3.19. The predicted octanol–water partition coefficient (Wildman–Crippen LogP) is 4.56. The minimum atomic E-state index is -0.153. The molecule has 0 amide bonds. The molecule has 2 aromatic carbocycles. The number of aryl methyl sites for hydroxylation is 2. The van der Waals surface area contributed by atoms with E-state index in [1.807, 2.05) is 18.2 Å². The van der Waals surface area contributed by atoms with E-state index in [-0.39, 0.29) is 5.82 Å². The number of likely N-dealkylation sites (tertiary alicyclic amines) is 1. The van der Waals surface area contributed by atoms with Crippen molar-refractivity contribution in [2.45, 2.75) is 32.2 Å². The first-order valence-corrected chi connectivity index (χ1v) is 9.56. The van der Waals surface area contributed by atoms with Gasteiger partial charge in [-0.2, -0.15) is 0 Å². The Kier molecular flexibility index (Phi) is 5.02. The van der Waals surface area contributed by atoms with E-state index in [9.17, 15) is 4.39 Å². The van der Waals surface area contributed by atoms with Crippen LogP contribution >= 0.6 is 0 Å². The van der Waals surface area contributed by atoms with E-state index in [0.717, 1.165) is 37.4 Å². The van der Waals surface area contributed by atoms with Gasteiger partial charge < -0.3 is 4.57 Å². The Morgan fingerprint density at radius 1 is 1.12 bits per heavy atom. The molecule has 1 unspecified atom stereocenters. The molecule has 3 aromatic rings. The van der Waals surface area contributed by atoms with Crippen molar-refractivity contribution in [3.8, 4) is 0 Å². The first-order chi connectivity index (χ1) is 12.7. The lowest BCUT2D eigenvalue weighted by molar-refractivity contribution is 0.157. The number of aromatic nitrogens is 2. The summed E-state index contributed by atoms with van der Waals surface area (Å²) in [7, 11) is 2.11. The van der Waals surface area contributed by atoms with Gasteiger partial charge in [0.05, 0.1) is 17.6 Å². The molecule has 0 spiro atoms. The van der Waals surface area contributed by atoms with Gasteiger partial charge in [-0.3, -0.25) is 4.90 Å². The van der Waals surface area contributed by atoms with Crippen LogP contribution in [-0.4, -0.2) is 27.5 Å². The molecule has 1 aromatic heterocycles. The molecule has 0 radical (unpaired) electrons. The third-order valence-electron chi connectivity index (χ3n) is 5.60. The zero-order valence-electron chi connectivity index (χ0n) is 15.4. The highest BCUT2D eigenvalue weighted by Gasteiger charge is 2.21. The smallest absolute Gasteiger partial charge is 0.123 e. The SMILES string of the molecule is Cn1c(CN2CCCC(CCc3ccc(F)cc3)C2)nc2ccccc21. The zero-order chi connectivity index (χ0) is 17.9. The lowest BCUT2D eigenvalue weighted by atomic mass is 9.91. The molecular weight excluding hydrogens is 325 g/mol. The van der Waals surface area contributed by atoms with Gasteiger partial charge in [0.15, 0.2) is 0 Å². The monoisotopic (exact) mass is 351 g/mol. The van der Waals surface area contributed by atoms with Gasteiger partial charge in [-0.05, 0) is 68.0 Å². The minimum absolute atomic E-state index is 0.153. The fraction of sp³-hybridized carbons (Fsp3) is 0.409. The first-order valence-electron chi connectivity index (χ1n) is 9.56. The van der Waals surface area contributed by atoms with E-state index in [4.69, 9.17) is 4.98 Å². The number of rotatable bonds is 5. The van der Waals surface area contributed by atoms with Crippen LogP contribution in [0.1, 0.15) is 30.7 Å². The van der Waals surface area contributed by atoms with Crippen LogP contribution in [0.25, 0.3) is 11.0 Å². The molecule has 26 heavy (non-hydrogen) atoms. The van der Waals surface area contributed by atoms with Crippen LogP contribution in [-0.2, 0) is 20.0 Å². The molecule has 0 aliphatic carbocycles. The summed E-state index contributed by atoms with van der Waals surface area (Å²) in [5.41, 5.74) is 3.51. The first kappa shape index (κ1) is 17.2. The molecule has 1 saturated heterocycles. The second-order valence-electron chi connectivity index (χ2n) is 7.48. The maximum atomic E-state index is 13.0. The van der Waals surface area contributed by atoms with E-state index in [0.29, 0.717) is 5.92 Å². The number of nitrogens with zero attached hydrogens (tertiary/aromatic N) is 3. The maximum Gasteiger partial charge on any atom is 0.123 e. The second-order valence-corrected chi connectivity index (χ2v) is 7.48. The molecule has 0 bridgehead atoms. The Hall–Kier alpha value is -2.20. The quantitative estimate of drug-likeness (QED) is 0.672. The predicted molar refractivity (Wildman–Crippen MR) is 103 cm³/mol. The van der Waals surface area contributed by atoms with Gasteiger partial charge in [-0.25, -0.2) is 9.37 Å². The summed E-state index contributed by atoms with van der Waals surface area (Å²) >= 11 is 0. The highest BCUT2D eigenvalue weighted by atomic mass is 19.1. The third-order valence-corrected chi connectivity index (χ3v) is 5.60. The number of benzene rings is 2. The Morgan fingerprint density at radius 3 is 2.73 bits per heavy atom. The van der Waals surface area contributed by atoms with Crippen LogP contribution < -0.4 is 0 Å². The number of halogens is 1. The van der Waals surface area contributed by atoms with Crippen molar-refractivity contribution in [3.05, 3.63) is 65.7 Å². The van der Waals surface area contributed by atoms with Crippen molar-refractivity contribution in [3.63, 3.8) is 0 Å². The Bertz CT molecular complexity index is 869. The molecule has 0 saturated carbocycles. The second kappa shape index (κ2) is 7.58. The summed E-state index contributed by atoms with van der Waals surface area (Å²) in [4.78, 5) is 7.36. The number of hydrogen-bond donors (Lipinski definition) is 0. The lowest BCUT2D eigenvalue weighted by Gasteiger charge is -2.32. The largest absolute Gasteiger partial charge is 0.330 e. The van der Waals surface area contributed by atoms with Crippen molar-refractivity contribution in [2.24, 2.45) is 13.0 Å². The fourth-order valence-electron chi connectivity index (χ4n) is 4.09. The zero-order valence-corrected chi connectivity index (χ0v) is 15.4. The normalized spacial score (nSPS) is 18.5. The van der Waals surface area contributed by atoms with Crippen molar-refractivity contribution in [2.75, 3.05) is 13.1 Å². The Balaban J connectivity index is 1.37. The summed E-state index contributed by atoms with van der Waals surface area (Å²) in [5, 5.41) is 0. The number of imidazole rings is 1. The van der Waals surface area contributed by atoms with Crippen molar-refractivity contribution >= 4 is 11.0 Å². The van der Waals surface area contributed by atoms with Gasteiger partial charge in [-0.15, -0.1) is 0 Å². The van der Waals surface area contributed by atoms with Gasteiger partial charge >= 0.3 is 0 Å². The van der Waals surface area contributed by atoms with Gasteiger partial charge in [0.25, 0.3) is 0 Å². The average molecular weight is 351 g/mol. The number of piperidine rings is 1. The van der Waals surface area contributed by atoms with E-state index >= 15 is 0 Å². The van der Waals surface area contributed by atoms with Crippen LogP contribution in [0.3, 0.4) is 0 Å². The molecule has 4 rings (SSSR count). The van der Waals surface area contributed by atoms with E-state index in [1.54, 1.807) is 12.1 Å². The third kappa shape index (κ3) is 3.80. The van der Waals surface area contributed by atoms with Gasteiger partial charge in [-0.1, -0.05) is 24.3 Å². The van der Waals surface area contributed by atoms with Crippen LogP contribution in [0, 0.1) is 11.7 Å². The maximum absolute atomic E-state index is 13.0. The van der Waals surface area contributed by atoms with Crippen molar-refractivity contribution in [1.29, 1.82) is 0 Å². The molecule has 3 nitrogen and oxygen atoms in total. The Labute approximate surface area is 154 Å². The lowest BCUT2D eigenvalue weighted by Crippen LogP contribution is -2.35. The number of hydrogen-bond acceptors (Lipinski definition) is 2. The standard InChI is InChI=1S/C22H26FN3/c1-25-21-7-3-2-6-20(21)24-22(25)16-26-14-4-5-18(15-26)9-8-17-10-12-19(23)13-11-17/h2-3,6-7,10-13,18H,4-5,8-9,14-16H2,1H3.